The molecule has 1 atom stereocenters. The van der Waals surface area contributed by atoms with Crippen molar-refractivity contribution in [3.8, 4) is 0 Å². The second kappa shape index (κ2) is 4.44. The molecule has 4 rings (SSSR count). The number of aromatic nitrogens is 3. The van der Waals surface area contributed by atoms with E-state index in [0.717, 1.165) is 16.9 Å². The molecule has 21 heavy (non-hydrogen) atoms. The molecule has 0 saturated heterocycles. The Bertz CT molecular complexity index is 831. The van der Waals surface area contributed by atoms with E-state index in [4.69, 9.17) is 16.6 Å². The lowest BCUT2D eigenvalue weighted by molar-refractivity contribution is 0.170. The van der Waals surface area contributed by atoms with E-state index in [0.29, 0.717) is 0 Å². The quantitative estimate of drug-likeness (QED) is 0.637. The van der Waals surface area contributed by atoms with Crippen molar-refractivity contribution in [2.75, 3.05) is 0 Å². The molecule has 0 amide bonds. The predicted octanol–water partition coefficient (Wildman–Crippen LogP) is 4.78. The van der Waals surface area contributed by atoms with Gasteiger partial charge in [-0.15, -0.1) is 11.6 Å². The molecule has 1 fully saturated rings. The summed E-state index contributed by atoms with van der Waals surface area (Å²) in [5.74, 6) is 0.965. The zero-order valence-corrected chi connectivity index (χ0v) is 13.1. The van der Waals surface area contributed by atoms with Crippen molar-refractivity contribution < 1.29 is 0 Å². The van der Waals surface area contributed by atoms with Gasteiger partial charge in [-0.1, -0.05) is 18.2 Å². The van der Waals surface area contributed by atoms with E-state index < -0.39 is 0 Å². The minimum absolute atomic E-state index is 0.103. The second-order valence-electron chi connectivity index (χ2n) is 6.28. The molecule has 1 aliphatic carbocycles. The molecule has 1 aliphatic rings. The fourth-order valence-corrected chi connectivity index (χ4v) is 3.59. The van der Waals surface area contributed by atoms with Crippen LogP contribution in [0.5, 0.6) is 0 Å². The average Bonchev–Trinajstić information content (AvgIpc) is 2.85. The van der Waals surface area contributed by atoms with Crippen molar-refractivity contribution in [3.05, 3.63) is 36.3 Å². The highest BCUT2D eigenvalue weighted by molar-refractivity contribution is 6.20. The summed E-state index contributed by atoms with van der Waals surface area (Å²) in [5.41, 5.74) is 3.29. The standard InChI is InChI=1S/C17H18ClN3/c1-11(18)16-20-14-10-19-13-7-4-3-6-12(13)15(14)21(16)17(2)8-5-9-17/h3-4,6-7,10-11H,5,8-9H2,1-2H3. The lowest BCUT2D eigenvalue weighted by Gasteiger charge is -2.41. The van der Waals surface area contributed by atoms with Crippen LogP contribution in [0.1, 0.15) is 44.3 Å². The van der Waals surface area contributed by atoms with Gasteiger partial charge in [0.15, 0.2) is 0 Å². The fourth-order valence-electron chi connectivity index (χ4n) is 3.45. The van der Waals surface area contributed by atoms with Crippen LogP contribution in [0.4, 0.5) is 0 Å². The van der Waals surface area contributed by atoms with E-state index in [1.54, 1.807) is 0 Å². The highest BCUT2D eigenvalue weighted by atomic mass is 35.5. The van der Waals surface area contributed by atoms with E-state index in [1.807, 2.05) is 19.2 Å². The summed E-state index contributed by atoms with van der Waals surface area (Å²) in [6, 6.07) is 8.28. The first-order chi connectivity index (χ1) is 10.1. The van der Waals surface area contributed by atoms with Crippen LogP contribution in [0.2, 0.25) is 0 Å². The van der Waals surface area contributed by atoms with Crippen molar-refractivity contribution in [1.29, 1.82) is 0 Å². The average molecular weight is 300 g/mol. The summed E-state index contributed by atoms with van der Waals surface area (Å²) in [7, 11) is 0. The smallest absolute Gasteiger partial charge is 0.128 e. The summed E-state index contributed by atoms with van der Waals surface area (Å²) in [6.45, 7) is 4.31. The van der Waals surface area contributed by atoms with Gasteiger partial charge in [0.1, 0.15) is 11.3 Å². The first-order valence-corrected chi connectivity index (χ1v) is 7.94. The number of imidazole rings is 1. The maximum absolute atomic E-state index is 6.41. The van der Waals surface area contributed by atoms with Gasteiger partial charge >= 0.3 is 0 Å². The van der Waals surface area contributed by atoms with Crippen LogP contribution in [0.25, 0.3) is 21.9 Å². The van der Waals surface area contributed by atoms with Crippen molar-refractivity contribution in [2.24, 2.45) is 0 Å². The summed E-state index contributed by atoms with van der Waals surface area (Å²) in [4.78, 5) is 9.31. The van der Waals surface area contributed by atoms with Gasteiger partial charge < -0.3 is 4.57 Å². The van der Waals surface area contributed by atoms with Gasteiger partial charge in [-0.2, -0.15) is 0 Å². The monoisotopic (exact) mass is 299 g/mol. The molecular formula is C17H18ClN3. The number of hydrogen-bond acceptors (Lipinski definition) is 2. The molecule has 1 unspecified atom stereocenters. The normalized spacial score (nSPS) is 18.8. The van der Waals surface area contributed by atoms with E-state index in [1.165, 1.54) is 30.2 Å². The van der Waals surface area contributed by atoms with Gasteiger partial charge in [-0.05, 0) is 39.2 Å². The van der Waals surface area contributed by atoms with Crippen LogP contribution < -0.4 is 0 Å². The summed E-state index contributed by atoms with van der Waals surface area (Å²) >= 11 is 6.41. The van der Waals surface area contributed by atoms with Gasteiger partial charge in [0.2, 0.25) is 0 Å². The highest BCUT2D eigenvalue weighted by Gasteiger charge is 2.37. The third kappa shape index (κ3) is 1.80. The molecule has 3 nitrogen and oxygen atoms in total. The molecule has 2 heterocycles. The zero-order chi connectivity index (χ0) is 14.6. The van der Waals surface area contributed by atoms with E-state index >= 15 is 0 Å². The van der Waals surface area contributed by atoms with E-state index in [2.05, 4.69) is 34.7 Å². The predicted molar refractivity (Wildman–Crippen MR) is 86.8 cm³/mol. The van der Waals surface area contributed by atoms with Gasteiger partial charge in [0.05, 0.1) is 22.6 Å². The number of benzene rings is 1. The van der Waals surface area contributed by atoms with Crippen LogP contribution >= 0.6 is 11.6 Å². The number of halogens is 1. The van der Waals surface area contributed by atoms with E-state index in [9.17, 15) is 0 Å². The Kier molecular flexibility index (Phi) is 2.77. The SMILES string of the molecule is CC(Cl)c1nc2cnc3ccccc3c2n1C1(C)CCC1. The Morgan fingerprint density at radius 3 is 2.67 bits per heavy atom. The van der Waals surface area contributed by atoms with Crippen LogP contribution in [-0.4, -0.2) is 14.5 Å². The Morgan fingerprint density at radius 1 is 1.24 bits per heavy atom. The van der Waals surface area contributed by atoms with Crippen LogP contribution in [0.15, 0.2) is 30.5 Å². The molecule has 1 aromatic carbocycles. The largest absolute Gasteiger partial charge is 0.320 e. The number of hydrogen-bond donors (Lipinski definition) is 0. The Labute approximate surface area is 129 Å². The molecule has 0 radical (unpaired) electrons. The molecule has 0 aliphatic heterocycles. The maximum Gasteiger partial charge on any atom is 0.128 e. The molecule has 0 N–H and O–H groups in total. The number of fused-ring (bicyclic) bond motifs is 3. The van der Waals surface area contributed by atoms with Crippen LogP contribution in [0, 0.1) is 0 Å². The van der Waals surface area contributed by atoms with E-state index in [-0.39, 0.29) is 10.9 Å². The van der Waals surface area contributed by atoms with Gasteiger partial charge in [-0.3, -0.25) is 4.98 Å². The topological polar surface area (TPSA) is 30.7 Å². The molecule has 108 valence electrons. The molecule has 0 bridgehead atoms. The second-order valence-corrected chi connectivity index (χ2v) is 6.94. The third-order valence-corrected chi connectivity index (χ3v) is 4.94. The molecule has 2 aromatic heterocycles. The minimum Gasteiger partial charge on any atom is -0.320 e. The minimum atomic E-state index is -0.103. The van der Waals surface area contributed by atoms with Crippen molar-refractivity contribution in [1.82, 2.24) is 14.5 Å². The van der Waals surface area contributed by atoms with Gasteiger partial charge in [0, 0.05) is 10.9 Å². The summed E-state index contributed by atoms with van der Waals surface area (Å²) < 4.78 is 2.38. The number of rotatable bonds is 2. The van der Waals surface area contributed by atoms with Gasteiger partial charge in [0.25, 0.3) is 0 Å². The lowest BCUT2D eigenvalue weighted by Crippen LogP contribution is -2.38. The molecule has 1 saturated carbocycles. The molecular weight excluding hydrogens is 282 g/mol. The molecule has 0 spiro atoms. The summed E-state index contributed by atoms with van der Waals surface area (Å²) in [6.07, 6.45) is 5.52. The Balaban J connectivity index is 2.16. The highest BCUT2D eigenvalue weighted by Crippen LogP contribution is 2.44. The van der Waals surface area contributed by atoms with Crippen molar-refractivity contribution >= 4 is 33.5 Å². The number of nitrogens with zero attached hydrogens (tertiary/aromatic N) is 3. The molecule has 4 heteroatoms. The summed E-state index contributed by atoms with van der Waals surface area (Å²) in [5, 5.41) is 1.06. The third-order valence-electron chi connectivity index (χ3n) is 4.74. The maximum atomic E-state index is 6.41. The fraction of sp³-hybridized carbons (Fsp3) is 0.412. The lowest BCUT2D eigenvalue weighted by atomic mass is 9.78. The Morgan fingerprint density at radius 2 is 2.00 bits per heavy atom. The first-order valence-electron chi connectivity index (χ1n) is 7.51. The van der Waals surface area contributed by atoms with Gasteiger partial charge in [-0.25, -0.2) is 4.98 Å². The van der Waals surface area contributed by atoms with Crippen molar-refractivity contribution in [3.63, 3.8) is 0 Å². The van der Waals surface area contributed by atoms with Crippen LogP contribution in [0.3, 0.4) is 0 Å². The van der Waals surface area contributed by atoms with Crippen molar-refractivity contribution in [2.45, 2.75) is 44.0 Å². The number of alkyl halides is 1. The Hall–Kier alpha value is -1.61. The first kappa shape index (κ1) is 13.1. The zero-order valence-electron chi connectivity index (χ0n) is 12.3. The number of pyridine rings is 1. The molecule has 3 aromatic rings. The number of para-hydroxylation sites is 1. The van der Waals surface area contributed by atoms with Crippen LogP contribution in [-0.2, 0) is 5.54 Å².